The summed E-state index contributed by atoms with van der Waals surface area (Å²) in [6.45, 7) is 3.95. The molecule has 7 heteroatoms. The van der Waals surface area contributed by atoms with Gasteiger partial charge in [-0.1, -0.05) is 19.0 Å². The highest BCUT2D eigenvalue weighted by Gasteiger charge is 2.31. The van der Waals surface area contributed by atoms with Crippen molar-refractivity contribution in [2.75, 3.05) is 7.11 Å². The molecule has 0 spiro atoms. The van der Waals surface area contributed by atoms with Crippen LogP contribution in [0.4, 0.5) is 0 Å². The number of ether oxygens (including phenoxy) is 1. The average Bonchev–Trinajstić information content (AvgIpc) is 3.11. The number of carbonyl (C=O) groups excluding carboxylic acids is 1. The van der Waals surface area contributed by atoms with Crippen molar-refractivity contribution in [1.29, 1.82) is 0 Å². The SMILES string of the molecule is COC(=O)C(c1cc(C2CCC(c3cnc(Cl)nc3)CC2)no1)C(C)C. The number of rotatable bonds is 5. The second kappa shape index (κ2) is 8.16. The lowest BCUT2D eigenvalue weighted by atomic mass is 9.78. The second-order valence-corrected chi connectivity index (χ2v) is 7.57. The molecule has 0 radical (unpaired) electrons. The quantitative estimate of drug-likeness (QED) is 0.565. The van der Waals surface area contributed by atoms with Gasteiger partial charge in [-0.2, -0.15) is 0 Å². The van der Waals surface area contributed by atoms with Crippen LogP contribution >= 0.6 is 11.6 Å². The first-order valence-corrected chi connectivity index (χ1v) is 9.39. The van der Waals surface area contributed by atoms with Crippen molar-refractivity contribution in [3.63, 3.8) is 0 Å². The second-order valence-electron chi connectivity index (χ2n) is 7.23. The fraction of sp³-hybridized carbons (Fsp3) is 0.579. The van der Waals surface area contributed by atoms with E-state index in [4.69, 9.17) is 20.9 Å². The molecule has 26 heavy (non-hydrogen) atoms. The minimum Gasteiger partial charge on any atom is -0.468 e. The van der Waals surface area contributed by atoms with Crippen molar-refractivity contribution in [2.45, 2.75) is 57.3 Å². The number of aromatic nitrogens is 3. The van der Waals surface area contributed by atoms with Gasteiger partial charge in [0.25, 0.3) is 0 Å². The number of hydrogen-bond acceptors (Lipinski definition) is 6. The molecule has 2 aromatic rings. The van der Waals surface area contributed by atoms with Crippen LogP contribution in [0.25, 0.3) is 0 Å². The van der Waals surface area contributed by atoms with Crippen molar-refractivity contribution in [2.24, 2.45) is 5.92 Å². The fourth-order valence-electron chi connectivity index (χ4n) is 3.74. The van der Waals surface area contributed by atoms with E-state index in [-0.39, 0.29) is 17.2 Å². The Kier molecular flexibility index (Phi) is 5.91. The topological polar surface area (TPSA) is 78.1 Å². The van der Waals surface area contributed by atoms with Crippen molar-refractivity contribution in [1.82, 2.24) is 15.1 Å². The van der Waals surface area contributed by atoms with E-state index in [1.54, 1.807) is 0 Å². The molecule has 1 fully saturated rings. The van der Waals surface area contributed by atoms with E-state index in [1.807, 2.05) is 32.3 Å². The number of carbonyl (C=O) groups is 1. The lowest BCUT2D eigenvalue weighted by molar-refractivity contribution is -0.144. The molecule has 0 bridgehead atoms. The van der Waals surface area contributed by atoms with Crippen LogP contribution in [-0.2, 0) is 9.53 Å². The van der Waals surface area contributed by atoms with E-state index in [0.717, 1.165) is 36.9 Å². The van der Waals surface area contributed by atoms with Crippen molar-refractivity contribution in [3.8, 4) is 0 Å². The summed E-state index contributed by atoms with van der Waals surface area (Å²) in [5.74, 6) is 0.785. The molecule has 0 amide bonds. The van der Waals surface area contributed by atoms with Gasteiger partial charge in [-0.3, -0.25) is 4.79 Å². The zero-order valence-corrected chi connectivity index (χ0v) is 16.1. The summed E-state index contributed by atoms with van der Waals surface area (Å²) in [5.41, 5.74) is 2.07. The fourth-order valence-corrected chi connectivity index (χ4v) is 3.84. The Morgan fingerprint density at radius 2 is 1.81 bits per heavy atom. The molecule has 1 saturated carbocycles. The zero-order valence-electron chi connectivity index (χ0n) is 15.3. The zero-order chi connectivity index (χ0) is 18.7. The van der Waals surface area contributed by atoms with Gasteiger partial charge in [0.2, 0.25) is 5.28 Å². The van der Waals surface area contributed by atoms with E-state index in [1.165, 1.54) is 7.11 Å². The Morgan fingerprint density at radius 3 is 2.38 bits per heavy atom. The van der Waals surface area contributed by atoms with Crippen LogP contribution in [-0.4, -0.2) is 28.2 Å². The van der Waals surface area contributed by atoms with Gasteiger partial charge >= 0.3 is 5.97 Å². The standard InChI is InChI=1S/C19H24ClN3O3/c1-11(2)17(18(24)25-3)16-8-15(23-26-16)13-6-4-12(5-7-13)14-9-21-19(20)22-10-14/h8-13,17H,4-7H2,1-3H3. The van der Waals surface area contributed by atoms with Gasteiger partial charge in [0.05, 0.1) is 12.8 Å². The van der Waals surface area contributed by atoms with Crippen molar-refractivity contribution < 1.29 is 14.1 Å². The van der Waals surface area contributed by atoms with Crippen LogP contribution in [0.5, 0.6) is 0 Å². The average molecular weight is 378 g/mol. The number of methoxy groups -OCH3 is 1. The van der Waals surface area contributed by atoms with Crippen molar-refractivity contribution >= 4 is 17.6 Å². The van der Waals surface area contributed by atoms with Gasteiger partial charge in [0, 0.05) is 24.4 Å². The molecule has 1 unspecified atom stereocenters. The molecule has 2 heterocycles. The third kappa shape index (κ3) is 4.06. The Hall–Kier alpha value is -1.95. The number of halogens is 1. The minimum atomic E-state index is -0.413. The van der Waals surface area contributed by atoms with Gasteiger partial charge < -0.3 is 9.26 Å². The Balaban J connectivity index is 1.66. The predicted octanol–water partition coefficient (Wildman–Crippen LogP) is 4.47. The largest absolute Gasteiger partial charge is 0.468 e. The van der Waals surface area contributed by atoms with Crippen LogP contribution < -0.4 is 0 Å². The monoisotopic (exact) mass is 377 g/mol. The number of nitrogens with zero attached hydrogens (tertiary/aromatic N) is 3. The van der Waals surface area contributed by atoms with E-state index < -0.39 is 5.92 Å². The summed E-state index contributed by atoms with van der Waals surface area (Å²) >= 11 is 5.76. The first-order chi connectivity index (χ1) is 12.5. The van der Waals surface area contributed by atoms with Gasteiger partial charge in [-0.15, -0.1) is 0 Å². The van der Waals surface area contributed by atoms with E-state index in [2.05, 4.69) is 15.1 Å². The molecular formula is C19H24ClN3O3. The number of esters is 1. The van der Waals surface area contributed by atoms with Gasteiger partial charge in [-0.25, -0.2) is 9.97 Å². The maximum absolute atomic E-state index is 12.0. The lowest BCUT2D eigenvalue weighted by Crippen LogP contribution is -2.19. The highest BCUT2D eigenvalue weighted by molar-refractivity contribution is 6.28. The molecule has 0 aromatic carbocycles. The molecule has 0 N–H and O–H groups in total. The van der Waals surface area contributed by atoms with E-state index >= 15 is 0 Å². The molecule has 0 aliphatic heterocycles. The molecule has 1 aliphatic rings. The smallest absolute Gasteiger partial charge is 0.316 e. The van der Waals surface area contributed by atoms with Crippen LogP contribution in [0.15, 0.2) is 23.0 Å². The van der Waals surface area contributed by atoms with Crippen LogP contribution in [0.2, 0.25) is 5.28 Å². The number of hydrogen-bond donors (Lipinski definition) is 0. The lowest BCUT2D eigenvalue weighted by Gasteiger charge is -2.27. The maximum Gasteiger partial charge on any atom is 0.316 e. The van der Waals surface area contributed by atoms with Crippen molar-refractivity contribution in [3.05, 3.63) is 40.8 Å². The summed E-state index contributed by atoms with van der Waals surface area (Å²) in [6, 6.07) is 1.93. The van der Waals surface area contributed by atoms with Crippen LogP contribution in [0.1, 0.15) is 74.3 Å². The van der Waals surface area contributed by atoms with E-state index in [9.17, 15) is 4.79 Å². The molecule has 0 saturated heterocycles. The minimum absolute atomic E-state index is 0.0869. The van der Waals surface area contributed by atoms with Gasteiger partial charge in [-0.05, 0) is 54.7 Å². The Labute approximate surface area is 158 Å². The van der Waals surface area contributed by atoms with Gasteiger partial charge in [0.15, 0.2) is 5.76 Å². The van der Waals surface area contributed by atoms with Gasteiger partial charge in [0.1, 0.15) is 5.92 Å². The first kappa shape index (κ1) is 18.8. The third-order valence-electron chi connectivity index (χ3n) is 5.23. The summed E-state index contributed by atoms with van der Waals surface area (Å²) in [5, 5.41) is 4.52. The third-order valence-corrected chi connectivity index (χ3v) is 5.43. The molecule has 1 atom stereocenters. The summed E-state index contributed by atoms with van der Waals surface area (Å²) in [6.07, 6.45) is 7.76. The maximum atomic E-state index is 12.0. The first-order valence-electron chi connectivity index (χ1n) is 9.01. The molecular weight excluding hydrogens is 354 g/mol. The highest BCUT2D eigenvalue weighted by Crippen LogP contribution is 2.40. The molecule has 140 valence electrons. The molecule has 1 aliphatic carbocycles. The normalized spacial score (nSPS) is 21.6. The van der Waals surface area contributed by atoms with Crippen LogP contribution in [0, 0.1) is 5.92 Å². The molecule has 6 nitrogen and oxygen atoms in total. The Morgan fingerprint density at radius 1 is 1.19 bits per heavy atom. The molecule has 3 rings (SSSR count). The molecule has 2 aromatic heterocycles. The summed E-state index contributed by atoms with van der Waals surface area (Å²) in [7, 11) is 1.40. The summed E-state index contributed by atoms with van der Waals surface area (Å²) < 4.78 is 10.4. The van der Waals surface area contributed by atoms with E-state index in [0.29, 0.717) is 17.6 Å². The Bertz CT molecular complexity index is 737. The predicted molar refractivity (Wildman–Crippen MR) is 97.1 cm³/mol. The highest BCUT2D eigenvalue weighted by atomic mass is 35.5. The van der Waals surface area contributed by atoms with Crippen LogP contribution in [0.3, 0.4) is 0 Å². The summed E-state index contributed by atoms with van der Waals surface area (Å²) in [4.78, 5) is 20.2.